The number of nitrogens with zero attached hydrogens (tertiary/aromatic N) is 3. The molecule has 1 unspecified atom stereocenters. The van der Waals surface area contributed by atoms with Gasteiger partial charge in [0.25, 0.3) is 0 Å². The molecule has 5 aromatic carbocycles. The minimum atomic E-state index is -1.22. The van der Waals surface area contributed by atoms with Crippen LogP contribution in [-0.2, 0) is 20.1 Å². The molecule has 9 aromatic rings. The average molecular weight is 984 g/mol. The van der Waals surface area contributed by atoms with Crippen LogP contribution in [0.3, 0.4) is 0 Å². The minimum Gasteiger partial charge on any atom is -0.455 e. The second kappa shape index (κ2) is 19.9. The van der Waals surface area contributed by atoms with Gasteiger partial charge in [-0.25, -0.2) is 4.39 Å². The van der Waals surface area contributed by atoms with E-state index in [4.69, 9.17) is 4.42 Å². The third-order valence-corrected chi connectivity index (χ3v) is 12.7. The van der Waals surface area contributed by atoms with E-state index in [1.54, 1.807) is 12.1 Å². The summed E-state index contributed by atoms with van der Waals surface area (Å²) in [6, 6.07) is 53.9. The Morgan fingerprint density at radius 3 is 1.77 bits per heavy atom. The van der Waals surface area contributed by atoms with Gasteiger partial charge in [-0.3, -0.25) is 15.0 Å². The molecule has 0 amide bonds. The average Bonchev–Trinajstić information content (AvgIpc) is 3.65. The summed E-state index contributed by atoms with van der Waals surface area (Å²) < 4.78 is 20.0. The molecule has 1 radical (unpaired) electrons. The molecule has 4 aromatic heterocycles. The summed E-state index contributed by atoms with van der Waals surface area (Å²) in [5.74, 6) is 0.759. The second-order valence-electron chi connectivity index (χ2n) is 16.1. The van der Waals surface area contributed by atoms with Crippen molar-refractivity contribution in [2.45, 2.75) is 46.3 Å². The van der Waals surface area contributed by atoms with Gasteiger partial charge in [-0.05, 0) is 94.4 Å². The van der Waals surface area contributed by atoms with E-state index in [1.807, 2.05) is 97.5 Å². The molecule has 0 saturated heterocycles. The molecule has 4 heterocycles. The number of benzene rings is 5. The molecule has 4 nitrogen and oxygen atoms in total. The van der Waals surface area contributed by atoms with Crippen LogP contribution in [-0.4, -0.2) is 23.0 Å². The number of para-hydroxylation sites is 1. The molecule has 0 aliphatic rings. The first-order valence-corrected chi connectivity index (χ1v) is 23.7. The number of pyridine rings is 3. The number of rotatable bonds is 7. The number of hydrogen-bond donors (Lipinski definition) is 0. The fourth-order valence-corrected chi connectivity index (χ4v) is 7.90. The van der Waals surface area contributed by atoms with Crippen molar-refractivity contribution in [1.82, 2.24) is 15.0 Å². The van der Waals surface area contributed by atoms with Gasteiger partial charge in [0.1, 0.15) is 17.0 Å². The molecule has 60 heavy (non-hydrogen) atoms. The summed E-state index contributed by atoms with van der Waals surface area (Å²) in [5.41, 5.74) is 11.0. The molecule has 0 bridgehead atoms. The Morgan fingerprint density at radius 1 is 0.517 bits per heavy atom. The number of halogens is 1. The van der Waals surface area contributed by atoms with Gasteiger partial charge in [0, 0.05) is 66.2 Å². The number of aromatic nitrogens is 3. The Bertz CT molecular complexity index is 2710. The zero-order chi connectivity index (χ0) is 41.4. The van der Waals surface area contributed by atoms with Crippen LogP contribution in [0.15, 0.2) is 187 Å². The minimum absolute atomic E-state index is 0. The fourth-order valence-electron chi connectivity index (χ4n) is 6.87. The van der Waals surface area contributed by atoms with Gasteiger partial charge in [-0.1, -0.05) is 144 Å². The molecular weight excluding hydrogens is 934 g/mol. The Hall–Kier alpha value is -5.85. The first-order chi connectivity index (χ1) is 28.5. The normalized spacial score (nSPS) is 11.5. The summed E-state index contributed by atoms with van der Waals surface area (Å²) in [7, 11) is -1.22. The van der Waals surface area contributed by atoms with E-state index < -0.39 is 8.07 Å². The largest absolute Gasteiger partial charge is 0.455 e. The molecule has 1 atom stereocenters. The van der Waals surface area contributed by atoms with Crippen LogP contribution < -0.4 is 5.19 Å². The van der Waals surface area contributed by atoms with Crippen molar-refractivity contribution >= 4 is 35.2 Å². The maximum atomic E-state index is 13.7. The summed E-state index contributed by atoms with van der Waals surface area (Å²) >= 11 is 0. The molecule has 0 saturated carbocycles. The van der Waals surface area contributed by atoms with E-state index >= 15 is 0 Å². The predicted molar refractivity (Wildman–Crippen MR) is 248 cm³/mol. The molecule has 0 aliphatic carbocycles. The first kappa shape index (κ1) is 43.7. The molecule has 0 fully saturated rings. The van der Waals surface area contributed by atoms with Crippen molar-refractivity contribution in [3.8, 4) is 44.9 Å². The maximum absolute atomic E-state index is 13.7. The van der Waals surface area contributed by atoms with Crippen LogP contribution in [0.4, 0.5) is 4.39 Å². The predicted octanol–water partition coefficient (Wildman–Crippen LogP) is 14.3. The Morgan fingerprint density at radius 2 is 1.15 bits per heavy atom. The quantitative estimate of drug-likeness (QED) is 0.149. The van der Waals surface area contributed by atoms with Gasteiger partial charge in [0.05, 0.1) is 25.2 Å². The molecular formula is C53H50FIrN3OSi. The number of furan rings is 1. The third-order valence-electron chi connectivity index (χ3n) is 10.7. The topological polar surface area (TPSA) is 51.8 Å². The summed E-state index contributed by atoms with van der Waals surface area (Å²) in [5, 5.41) is 3.51. The van der Waals surface area contributed by atoms with Crippen LogP contribution >= 0.6 is 0 Å². The van der Waals surface area contributed by atoms with Crippen molar-refractivity contribution in [3.63, 3.8) is 0 Å². The Kier molecular flexibility index (Phi) is 14.5. The van der Waals surface area contributed by atoms with Gasteiger partial charge in [-0.15, -0.1) is 0 Å². The molecule has 0 aliphatic heterocycles. The van der Waals surface area contributed by atoms with Crippen LogP contribution in [0, 0.1) is 11.7 Å². The van der Waals surface area contributed by atoms with E-state index in [2.05, 4.69) is 122 Å². The van der Waals surface area contributed by atoms with Crippen molar-refractivity contribution in [3.05, 3.63) is 194 Å². The van der Waals surface area contributed by atoms with E-state index in [0.717, 1.165) is 61.3 Å². The zero-order valence-corrected chi connectivity index (χ0v) is 38.3. The van der Waals surface area contributed by atoms with E-state index in [0.29, 0.717) is 11.8 Å². The standard InChI is InChI=1S/C28H24FNO.C14H17NSi.C11H9N.Ir/c1-17(2)18(3)19-12-13-30-26(15-19)25-9-5-8-24-23-11-10-21(16-27(23)31-28(24)25)20-6-4-7-22(29)14-20;1-16(2,3)13-9-10-14(15-11-13)12-7-5-4-6-8-12;1-2-6-10(7-3-1)11-8-4-5-9-12-11;/h4-18H,1-3H3;4-11H,1-3H3;1-9H;. The van der Waals surface area contributed by atoms with Crippen LogP contribution in [0.5, 0.6) is 0 Å². The third kappa shape index (κ3) is 10.7. The van der Waals surface area contributed by atoms with Gasteiger partial charge in [0.15, 0.2) is 0 Å². The molecule has 9 rings (SSSR count). The zero-order valence-electron chi connectivity index (χ0n) is 34.9. The molecule has 0 spiro atoms. The van der Waals surface area contributed by atoms with Crippen molar-refractivity contribution < 1.29 is 28.9 Å². The maximum Gasteiger partial charge on any atom is 0.144 e. The van der Waals surface area contributed by atoms with Crippen molar-refractivity contribution in [1.29, 1.82) is 0 Å². The van der Waals surface area contributed by atoms with E-state index in [9.17, 15) is 4.39 Å². The fraction of sp³-hybridized carbons (Fsp3) is 0.151. The smallest absolute Gasteiger partial charge is 0.144 e. The Labute approximate surface area is 368 Å². The summed E-state index contributed by atoms with van der Waals surface area (Å²) in [6.45, 7) is 13.7. The van der Waals surface area contributed by atoms with Gasteiger partial charge in [-0.2, -0.15) is 0 Å². The van der Waals surface area contributed by atoms with Crippen LogP contribution in [0.2, 0.25) is 19.6 Å². The van der Waals surface area contributed by atoms with Crippen LogP contribution in [0.25, 0.3) is 66.8 Å². The van der Waals surface area contributed by atoms with E-state index in [-0.39, 0.29) is 25.9 Å². The van der Waals surface area contributed by atoms with Crippen LogP contribution in [0.1, 0.15) is 32.3 Å². The SMILES string of the molecule is CC(C)C(C)c1ccnc(-c2cccc3c2oc2cc(-c4cccc(F)c4)ccc23)c1.C[Si](C)(C)c1ccc(-c2ccccc2)nc1.[Ir].c1ccc(-c2ccccn2)cc1. The second-order valence-corrected chi connectivity index (χ2v) is 21.2. The van der Waals surface area contributed by atoms with Crippen molar-refractivity contribution in [2.75, 3.05) is 0 Å². The first-order valence-electron chi connectivity index (χ1n) is 20.2. The monoisotopic (exact) mass is 984 g/mol. The van der Waals surface area contributed by atoms with E-state index in [1.165, 1.54) is 22.4 Å². The number of fused-ring (bicyclic) bond motifs is 3. The van der Waals surface area contributed by atoms with Crippen molar-refractivity contribution in [2.24, 2.45) is 5.92 Å². The van der Waals surface area contributed by atoms with Gasteiger partial charge >= 0.3 is 0 Å². The molecule has 0 N–H and O–H groups in total. The van der Waals surface area contributed by atoms with Gasteiger partial charge in [0.2, 0.25) is 0 Å². The Balaban J connectivity index is 0.000000173. The van der Waals surface area contributed by atoms with Gasteiger partial charge < -0.3 is 4.42 Å². The molecule has 303 valence electrons. The molecule has 7 heteroatoms. The summed E-state index contributed by atoms with van der Waals surface area (Å²) in [4.78, 5) is 13.4. The summed E-state index contributed by atoms with van der Waals surface area (Å²) in [6.07, 6.45) is 5.73. The number of hydrogen-bond acceptors (Lipinski definition) is 4.